The van der Waals surface area contributed by atoms with Gasteiger partial charge in [0.1, 0.15) is 17.0 Å². The molecule has 0 bridgehead atoms. The zero-order chi connectivity index (χ0) is 14.1. The average Bonchev–Trinajstić information content (AvgIpc) is 2.48. The van der Waals surface area contributed by atoms with E-state index in [-0.39, 0.29) is 11.4 Å². The summed E-state index contributed by atoms with van der Waals surface area (Å²) in [6.07, 6.45) is 1.63. The maximum atomic E-state index is 13.0. The van der Waals surface area contributed by atoms with Gasteiger partial charge in [-0.15, -0.1) is 0 Å². The van der Waals surface area contributed by atoms with E-state index >= 15 is 0 Å². The van der Waals surface area contributed by atoms with Crippen molar-refractivity contribution in [2.75, 3.05) is 0 Å². The van der Waals surface area contributed by atoms with Crippen LogP contribution in [-0.2, 0) is 6.54 Å². The van der Waals surface area contributed by atoms with Gasteiger partial charge in [0.2, 0.25) is 0 Å². The molecule has 0 saturated carbocycles. The molecule has 0 fully saturated rings. The van der Waals surface area contributed by atoms with Gasteiger partial charge in [-0.1, -0.05) is 0 Å². The highest BCUT2D eigenvalue weighted by Gasteiger charge is 2.12. The van der Waals surface area contributed by atoms with E-state index in [4.69, 9.17) is 0 Å². The molecule has 0 atom stereocenters. The quantitative estimate of drug-likeness (QED) is 0.718. The molecule has 0 aliphatic carbocycles. The molecule has 1 aromatic carbocycles. The smallest absolute Gasteiger partial charge is 0.278 e. The predicted molar refractivity (Wildman–Crippen MR) is 74.9 cm³/mol. The van der Waals surface area contributed by atoms with Crippen molar-refractivity contribution in [1.82, 2.24) is 14.5 Å². The molecule has 0 radical (unpaired) electrons. The first kappa shape index (κ1) is 12.5. The van der Waals surface area contributed by atoms with Crippen molar-refractivity contribution in [3.63, 3.8) is 0 Å². The standard InChI is InChI=1S/C15H12FN3O/c1-2-19-14-12(4-3-9-17-14)18-13(15(19)20)10-5-7-11(16)8-6-10/h3-9H,2H2,1H3. The molecule has 3 rings (SSSR count). The summed E-state index contributed by atoms with van der Waals surface area (Å²) in [6.45, 7) is 2.38. The van der Waals surface area contributed by atoms with Gasteiger partial charge in [0.05, 0.1) is 0 Å². The minimum atomic E-state index is -0.341. The van der Waals surface area contributed by atoms with Crippen LogP contribution in [0.3, 0.4) is 0 Å². The maximum absolute atomic E-state index is 13.0. The van der Waals surface area contributed by atoms with Gasteiger partial charge in [-0.3, -0.25) is 9.36 Å². The van der Waals surface area contributed by atoms with Crippen molar-refractivity contribution in [3.8, 4) is 11.3 Å². The molecule has 0 saturated heterocycles. The Morgan fingerprint density at radius 1 is 1.20 bits per heavy atom. The van der Waals surface area contributed by atoms with Crippen molar-refractivity contribution < 1.29 is 4.39 Å². The Morgan fingerprint density at radius 2 is 1.95 bits per heavy atom. The molecule has 3 aromatic rings. The minimum Gasteiger partial charge on any atom is -0.290 e. The normalized spacial score (nSPS) is 10.9. The first-order chi connectivity index (χ1) is 9.70. The maximum Gasteiger partial charge on any atom is 0.278 e. The van der Waals surface area contributed by atoms with E-state index in [1.165, 1.54) is 12.1 Å². The number of aryl methyl sites for hydroxylation is 1. The van der Waals surface area contributed by atoms with Gasteiger partial charge in [-0.25, -0.2) is 14.4 Å². The summed E-state index contributed by atoms with van der Waals surface area (Å²) in [5, 5.41) is 0. The number of nitrogens with zero attached hydrogens (tertiary/aromatic N) is 3. The summed E-state index contributed by atoms with van der Waals surface area (Å²) in [7, 11) is 0. The average molecular weight is 269 g/mol. The fraction of sp³-hybridized carbons (Fsp3) is 0.133. The fourth-order valence-corrected chi connectivity index (χ4v) is 2.17. The van der Waals surface area contributed by atoms with E-state index in [0.29, 0.717) is 29.0 Å². The number of rotatable bonds is 2. The Kier molecular flexibility index (Phi) is 3.02. The molecule has 0 unspecified atom stereocenters. The molecule has 0 amide bonds. The van der Waals surface area contributed by atoms with Crippen LogP contribution in [0.1, 0.15) is 6.92 Å². The lowest BCUT2D eigenvalue weighted by Gasteiger charge is -2.09. The number of hydrogen-bond donors (Lipinski definition) is 0. The Balaban J connectivity index is 2.34. The topological polar surface area (TPSA) is 47.8 Å². The molecule has 0 aliphatic rings. The molecule has 0 aliphatic heterocycles. The van der Waals surface area contributed by atoms with Crippen LogP contribution >= 0.6 is 0 Å². The van der Waals surface area contributed by atoms with Crippen LogP contribution in [0.2, 0.25) is 0 Å². The van der Waals surface area contributed by atoms with Crippen molar-refractivity contribution in [3.05, 3.63) is 58.8 Å². The second kappa shape index (κ2) is 4.85. The molecule has 20 heavy (non-hydrogen) atoms. The monoisotopic (exact) mass is 269 g/mol. The van der Waals surface area contributed by atoms with Crippen LogP contribution in [0.15, 0.2) is 47.4 Å². The Morgan fingerprint density at radius 3 is 2.65 bits per heavy atom. The van der Waals surface area contributed by atoms with E-state index in [9.17, 15) is 9.18 Å². The number of pyridine rings is 1. The zero-order valence-electron chi connectivity index (χ0n) is 10.9. The summed E-state index contributed by atoms with van der Waals surface area (Å²) in [5.74, 6) is -0.341. The van der Waals surface area contributed by atoms with Gasteiger partial charge < -0.3 is 0 Å². The van der Waals surface area contributed by atoms with Crippen LogP contribution < -0.4 is 5.56 Å². The number of hydrogen-bond acceptors (Lipinski definition) is 3. The number of benzene rings is 1. The number of halogens is 1. The first-order valence-corrected chi connectivity index (χ1v) is 6.32. The van der Waals surface area contributed by atoms with Gasteiger partial charge in [-0.2, -0.15) is 0 Å². The highest BCUT2D eigenvalue weighted by molar-refractivity contribution is 5.74. The Hall–Kier alpha value is -2.56. The van der Waals surface area contributed by atoms with E-state index < -0.39 is 0 Å². The number of aromatic nitrogens is 3. The lowest BCUT2D eigenvalue weighted by atomic mass is 10.1. The second-order valence-corrected chi connectivity index (χ2v) is 4.36. The van der Waals surface area contributed by atoms with Crippen LogP contribution in [0.5, 0.6) is 0 Å². The summed E-state index contributed by atoms with van der Waals surface area (Å²) in [6, 6.07) is 9.33. The predicted octanol–water partition coefficient (Wildman–Crippen LogP) is 2.62. The summed E-state index contributed by atoms with van der Waals surface area (Å²) in [4.78, 5) is 21.0. The Labute approximate surface area is 114 Å². The minimum absolute atomic E-state index is 0.217. The highest BCUT2D eigenvalue weighted by atomic mass is 19.1. The summed E-state index contributed by atoms with van der Waals surface area (Å²) < 4.78 is 14.6. The van der Waals surface area contributed by atoms with E-state index in [1.807, 2.05) is 6.92 Å². The first-order valence-electron chi connectivity index (χ1n) is 6.32. The van der Waals surface area contributed by atoms with Crippen molar-refractivity contribution >= 4 is 11.2 Å². The van der Waals surface area contributed by atoms with Crippen molar-refractivity contribution in [2.24, 2.45) is 0 Å². The van der Waals surface area contributed by atoms with Gasteiger partial charge >= 0.3 is 0 Å². The molecule has 4 nitrogen and oxygen atoms in total. The lowest BCUT2D eigenvalue weighted by Crippen LogP contribution is -2.23. The largest absolute Gasteiger partial charge is 0.290 e. The van der Waals surface area contributed by atoms with Crippen LogP contribution in [0.25, 0.3) is 22.4 Å². The zero-order valence-corrected chi connectivity index (χ0v) is 10.9. The second-order valence-electron chi connectivity index (χ2n) is 4.36. The third-order valence-electron chi connectivity index (χ3n) is 3.14. The van der Waals surface area contributed by atoms with Gasteiger partial charge in [0, 0.05) is 18.3 Å². The van der Waals surface area contributed by atoms with Gasteiger partial charge in [0.15, 0.2) is 5.65 Å². The van der Waals surface area contributed by atoms with Crippen molar-refractivity contribution in [2.45, 2.75) is 13.5 Å². The van der Waals surface area contributed by atoms with E-state index in [2.05, 4.69) is 9.97 Å². The molecule has 100 valence electrons. The third kappa shape index (κ3) is 1.97. The van der Waals surface area contributed by atoms with Gasteiger partial charge in [-0.05, 0) is 43.3 Å². The molecule has 0 spiro atoms. The molecule has 2 aromatic heterocycles. The van der Waals surface area contributed by atoms with Gasteiger partial charge in [0.25, 0.3) is 5.56 Å². The summed E-state index contributed by atoms with van der Waals surface area (Å²) >= 11 is 0. The van der Waals surface area contributed by atoms with Crippen molar-refractivity contribution in [1.29, 1.82) is 0 Å². The van der Waals surface area contributed by atoms with Crippen LogP contribution in [0, 0.1) is 5.82 Å². The van der Waals surface area contributed by atoms with Crippen LogP contribution in [0.4, 0.5) is 4.39 Å². The third-order valence-corrected chi connectivity index (χ3v) is 3.14. The molecular formula is C15H12FN3O. The van der Waals surface area contributed by atoms with Crippen LogP contribution in [-0.4, -0.2) is 14.5 Å². The molecular weight excluding hydrogens is 257 g/mol. The molecule has 0 N–H and O–H groups in total. The highest BCUT2D eigenvalue weighted by Crippen LogP contribution is 2.16. The Bertz CT molecular complexity index is 825. The number of fused-ring (bicyclic) bond motifs is 1. The molecule has 5 heteroatoms. The molecule has 2 heterocycles. The fourth-order valence-electron chi connectivity index (χ4n) is 2.17. The summed E-state index contributed by atoms with van der Waals surface area (Å²) in [5.41, 5.74) is 1.90. The lowest BCUT2D eigenvalue weighted by molar-refractivity contribution is 0.628. The van der Waals surface area contributed by atoms with E-state index in [1.54, 1.807) is 35.0 Å². The SMILES string of the molecule is CCn1c(=O)c(-c2ccc(F)cc2)nc2cccnc21. The van der Waals surface area contributed by atoms with E-state index in [0.717, 1.165) is 0 Å².